The maximum absolute atomic E-state index is 9.89. The Morgan fingerprint density at radius 1 is 1.19 bits per heavy atom. The molecule has 1 unspecified atom stereocenters. The lowest BCUT2D eigenvalue weighted by Crippen LogP contribution is -2.39. The Morgan fingerprint density at radius 3 is 2.62 bits per heavy atom. The third kappa shape index (κ3) is 6.78. The molecule has 1 saturated heterocycles. The second-order valence-electron chi connectivity index (χ2n) is 5.53. The quantitative estimate of drug-likeness (QED) is 0.701. The summed E-state index contributed by atoms with van der Waals surface area (Å²) in [6.45, 7) is 5.33. The van der Waals surface area contributed by atoms with Crippen molar-refractivity contribution in [2.45, 2.75) is 25.4 Å². The van der Waals surface area contributed by atoms with Gasteiger partial charge in [0.2, 0.25) is 0 Å². The first-order chi connectivity index (χ1) is 10.2. The van der Waals surface area contributed by atoms with E-state index in [1.54, 1.807) is 0 Å². The molecule has 0 spiro atoms. The summed E-state index contributed by atoms with van der Waals surface area (Å²) < 4.78 is 6.57. The van der Waals surface area contributed by atoms with E-state index in [1.165, 1.54) is 32.4 Å². The molecule has 2 rings (SSSR count). The monoisotopic (exact) mass is 356 g/mol. The van der Waals surface area contributed by atoms with Crippen LogP contribution in [0.25, 0.3) is 0 Å². The Morgan fingerprint density at radius 2 is 1.90 bits per heavy atom. The summed E-state index contributed by atoms with van der Waals surface area (Å²) in [6, 6.07) is 7.64. The molecule has 21 heavy (non-hydrogen) atoms. The number of ether oxygens (including phenoxy) is 1. The smallest absolute Gasteiger partial charge is 0.119 e. The van der Waals surface area contributed by atoms with E-state index < -0.39 is 6.10 Å². The number of benzene rings is 1. The van der Waals surface area contributed by atoms with E-state index >= 15 is 0 Å². The van der Waals surface area contributed by atoms with Crippen molar-refractivity contribution in [2.24, 2.45) is 0 Å². The van der Waals surface area contributed by atoms with Crippen LogP contribution in [-0.4, -0.2) is 55.4 Å². The van der Waals surface area contributed by atoms with Crippen molar-refractivity contribution in [1.82, 2.24) is 10.2 Å². The molecule has 118 valence electrons. The number of piperidine rings is 1. The van der Waals surface area contributed by atoms with Gasteiger partial charge in [-0.05, 0) is 50.2 Å². The standard InChI is InChI=1S/C16H25BrN2O2/c17-14-4-6-16(7-5-14)21-13-15(20)12-18-8-11-19-9-2-1-3-10-19/h4-7,15,18,20H,1-3,8-13H2. The summed E-state index contributed by atoms with van der Waals surface area (Å²) in [5.74, 6) is 0.783. The molecule has 1 atom stereocenters. The van der Waals surface area contributed by atoms with E-state index in [9.17, 15) is 5.11 Å². The van der Waals surface area contributed by atoms with Crippen LogP contribution >= 0.6 is 15.9 Å². The zero-order chi connectivity index (χ0) is 14.9. The number of aliphatic hydroxyl groups is 1. The fourth-order valence-corrected chi connectivity index (χ4v) is 2.74. The molecule has 0 amide bonds. The topological polar surface area (TPSA) is 44.7 Å². The highest BCUT2D eigenvalue weighted by Crippen LogP contribution is 2.16. The molecule has 4 nitrogen and oxygen atoms in total. The highest BCUT2D eigenvalue weighted by atomic mass is 79.9. The predicted molar refractivity (Wildman–Crippen MR) is 88.8 cm³/mol. The van der Waals surface area contributed by atoms with Gasteiger partial charge in [-0.25, -0.2) is 0 Å². The van der Waals surface area contributed by atoms with Gasteiger partial charge in [0.05, 0.1) is 0 Å². The fourth-order valence-electron chi connectivity index (χ4n) is 2.47. The zero-order valence-corrected chi connectivity index (χ0v) is 14.0. The third-order valence-corrected chi connectivity index (χ3v) is 4.22. The van der Waals surface area contributed by atoms with Crippen LogP contribution in [0.2, 0.25) is 0 Å². The van der Waals surface area contributed by atoms with Crippen LogP contribution in [-0.2, 0) is 0 Å². The van der Waals surface area contributed by atoms with Crippen molar-refractivity contribution >= 4 is 15.9 Å². The minimum atomic E-state index is -0.477. The summed E-state index contributed by atoms with van der Waals surface area (Å²) in [4.78, 5) is 2.49. The van der Waals surface area contributed by atoms with Crippen LogP contribution in [0.3, 0.4) is 0 Å². The van der Waals surface area contributed by atoms with E-state index in [2.05, 4.69) is 26.1 Å². The number of halogens is 1. The van der Waals surface area contributed by atoms with Crippen molar-refractivity contribution in [3.8, 4) is 5.75 Å². The van der Waals surface area contributed by atoms with Gasteiger partial charge in [0, 0.05) is 24.1 Å². The number of hydrogen-bond acceptors (Lipinski definition) is 4. The van der Waals surface area contributed by atoms with Crippen molar-refractivity contribution in [3.63, 3.8) is 0 Å². The molecule has 0 aromatic heterocycles. The van der Waals surface area contributed by atoms with Gasteiger partial charge in [-0.3, -0.25) is 0 Å². The average molecular weight is 357 g/mol. The predicted octanol–water partition coefficient (Wildman–Crippen LogP) is 2.26. The Hall–Kier alpha value is -0.620. The Balaban J connectivity index is 1.52. The first kappa shape index (κ1) is 16.7. The lowest BCUT2D eigenvalue weighted by Gasteiger charge is -2.26. The van der Waals surface area contributed by atoms with Crippen LogP contribution in [0.15, 0.2) is 28.7 Å². The van der Waals surface area contributed by atoms with Gasteiger partial charge < -0.3 is 20.1 Å². The molecule has 0 radical (unpaired) electrons. The summed E-state index contributed by atoms with van der Waals surface area (Å²) in [5.41, 5.74) is 0. The summed E-state index contributed by atoms with van der Waals surface area (Å²) in [7, 11) is 0. The lowest BCUT2D eigenvalue weighted by atomic mass is 10.1. The summed E-state index contributed by atoms with van der Waals surface area (Å²) in [6.07, 6.45) is 3.54. The highest BCUT2D eigenvalue weighted by Gasteiger charge is 2.10. The second-order valence-corrected chi connectivity index (χ2v) is 6.44. The molecular formula is C16H25BrN2O2. The number of likely N-dealkylation sites (tertiary alicyclic amines) is 1. The minimum Gasteiger partial charge on any atom is -0.491 e. The molecule has 5 heteroatoms. The minimum absolute atomic E-state index is 0.318. The number of nitrogens with one attached hydrogen (secondary N) is 1. The number of rotatable bonds is 8. The first-order valence-corrected chi connectivity index (χ1v) is 8.53. The van der Waals surface area contributed by atoms with Gasteiger partial charge in [-0.2, -0.15) is 0 Å². The fraction of sp³-hybridized carbons (Fsp3) is 0.625. The van der Waals surface area contributed by atoms with E-state index in [0.29, 0.717) is 13.2 Å². The SMILES string of the molecule is OC(CNCCN1CCCCC1)COc1ccc(Br)cc1. The number of nitrogens with zero attached hydrogens (tertiary/aromatic N) is 1. The molecular weight excluding hydrogens is 332 g/mol. The van der Waals surface area contributed by atoms with Gasteiger partial charge in [0.25, 0.3) is 0 Å². The molecule has 0 saturated carbocycles. The zero-order valence-electron chi connectivity index (χ0n) is 12.4. The van der Waals surface area contributed by atoms with E-state index in [4.69, 9.17) is 4.74 Å². The van der Waals surface area contributed by atoms with Crippen molar-refractivity contribution in [3.05, 3.63) is 28.7 Å². The Labute approximate surface area is 135 Å². The maximum Gasteiger partial charge on any atom is 0.119 e. The van der Waals surface area contributed by atoms with E-state index in [0.717, 1.165) is 23.3 Å². The molecule has 2 N–H and O–H groups in total. The van der Waals surface area contributed by atoms with Crippen LogP contribution < -0.4 is 10.1 Å². The molecule has 1 heterocycles. The number of hydrogen-bond donors (Lipinski definition) is 2. The molecule has 1 aromatic carbocycles. The Bertz CT molecular complexity index is 394. The van der Waals surface area contributed by atoms with Crippen molar-refractivity contribution < 1.29 is 9.84 Å². The molecule has 0 aliphatic carbocycles. The van der Waals surface area contributed by atoms with E-state index in [-0.39, 0.29) is 0 Å². The van der Waals surface area contributed by atoms with Gasteiger partial charge in [-0.1, -0.05) is 22.4 Å². The first-order valence-electron chi connectivity index (χ1n) is 7.73. The van der Waals surface area contributed by atoms with Crippen molar-refractivity contribution in [1.29, 1.82) is 0 Å². The Kier molecular flexibility index (Phi) is 7.50. The van der Waals surface area contributed by atoms with Crippen LogP contribution in [0, 0.1) is 0 Å². The van der Waals surface area contributed by atoms with Crippen molar-refractivity contribution in [2.75, 3.05) is 39.3 Å². The van der Waals surface area contributed by atoms with Gasteiger partial charge in [0.1, 0.15) is 18.5 Å². The average Bonchev–Trinajstić information content (AvgIpc) is 2.52. The number of aliphatic hydroxyl groups excluding tert-OH is 1. The van der Waals surface area contributed by atoms with Gasteiger partial charge >= 0.3 is 0 Å². The largest absolute Gasteiger partial charge is 0.491 e. The van der Waals surface area contributed by atoms with E-state index in [1.807, 2.05) is 24.3 Å². The highest BCUT2D eigenvalue weighted by molar-refractivity contribution is 9.10. The maximum atomic E-state index is 9.89. The lowest BCUT2D eigenvalue weighted by molar-refractivity contribution is 0.105. The van der Waals surface area contributed by atoms with Gasteiger partial charge in [0.15, 0.2) is 0 Å². The van der Waals surface area contributed by atoms with Crippen LogP contribution in [0.4, 0.5) is 0 Å². The second kappa shape index (κ2) is 9.41. The van der Waals surface area contributed by atoms with Gasteiger partial charge in [-0.15, -0.1) is 0 Å². The summed E-state index contributed by atoms with van der Waals surface area (Å²) >= 11 is 3.38. The third-order valence-electron chi connectivity index (χ3n) is 3.69. The van der Waals surface area contributed by atoms with Crippen LogP contribution in [0.1, 0.15) is 19.3 Å². The van der Waals surface area contributed by atoms with Crippen LogP contribution in [0.5, 0.6) is 5.75 Å². The normalized spacial score (nSPS) is 17.6. The molecule has 1 aliphatic heterocycles. The molecule has 1 aliphatic rings. The summed E-state index contributed by atoms with van der Waals surface area (Å²) in [5, 5.41) is 13.2. The molecule has 1 fully saturated rings. The molecule has 0 bridgehead atoms. The molecule has 1 aromatic rings.